The Morgan fingerprint density at radius 2 is 1.96 bits per heavy atom. The molecule has 26 heavy (non-hydrogen) atoms. The van der Waals surface area contributed by atoms with Crippen molar-refractivity contribution in [1.29, 1.82) is 0 Å². The molecular weight excluding hydrogens is 444 g/mol. The Labute approximate surface area is 172 Å². The van der Waals surface area contributed by atoms with E-state index in [0.29, 0.717) is 12.1 Å². The van der Waals surface area contributed by atoms with E-state index in [9.17, 15) is 4.39 Å². The molecule has 0 saturated carbocycles. The van der Waals surface area contributed by atoms with E-state index in [1.165, 1.54) is 11.8 Å². The zero-order valence-electron chi connectivity index (χ0n) is 16.0. The lowest BCUT2D eigenvalue weighted by molar-refractivity contribution is 0.555. The largest absolute Gasteiger partial charge is 0.357 e. The van der Waals surface area contributed by atoms with Gasteiger partial charge in [-0.05, 0) is 57.4 Å². The van der Waals surface area contributed by atoms with Crippen LogP contribution in [0.4, 0.5) is 4.39 Å². The first kappa shape index (κ1) is 22.4. The van der Waals surface area contributed by atoms with Gasteiger partial charge >= 0.3 is 0 Å². The van der Waals surface area contributed by atoms with Crippen molar-refractivity contribution in [1.82, 2.24) is 20.4 Å². The van der Waals surface area contributed by atoms with Crippen LogP contribution in [-0.2, 0) is 13.1 Å². The van der Waals surface area contributed by atoms with Crippen molar-refractivity contribution in [3.8, 4) is 0 Å². The van der Waals surface area contributed by atoms with Gasteiger partial charge in [-0.1, -0.05) is 12.1 Å². The summed E-state index contributed by atoms with van der Waals surface area (Å²) in [6.45, 7) is 10.9. The van der Waals surface area contributed by atoms with Gasteiger partial charge in [0, 0.05) is 25.3 Å². The number of benzene rings is 1. The van der Waals surface area contributed by atoms with Crippen LogP contribution in [0.5, 0.6) is 0 Å². The highest BCUT2D eigenvalue weighted by Gasteiger charge is 2.02. The third-order valence-corrected chi connectivity index (χ3v) is 3.93. The van der Waals surface area contributed by atoms with Gasteiger partial charge < -0.3 is 10.6 Å². The quantitative estimate of drug-likeness (QED) is 0.279. The summed E-state index contributed by atoms with van der Waals surface area (Å²) >= 11 is 0. The van der Waals surface area contributed by atoms with E-state index in [1.54, 1.807) is 13.0 Å². The normalized spacial score (nSPS) is 11.2. The smallest absolute Gasteiger partial charge is 0.191 e. The number of rotatable bonds is 7. The number of hydrogen-bond donors (Lipinski definition) is 2. The monoisotopic (exact) mass is 473 g/mol. The molecule has 0 radical (unpaired) electrons. The molecule has 2 N–H and O–H groups in total. The molecule has 0 unspecified atom stereocenters. The van der Waals surface area contributed by atoms with Gasteiger partial charge in [-0.3, -0.25) is 4.68 Å². The van der Waals surface area contributed by atoms with Crippen LogP contribution in [0.15, 0.2) is 29.3 Å². The zero-order valence-corrected chi connectivity index (χ0v) is 18.3. The number of nitrogens with zero attached hydrogens (tertiary/aromatic N) is 3. The van der Waals surface area contributed by atoms with Crippen LogP contribution in [0, 0.1) is 26.6 Å². The number of aliphatic imine (C=N–C) groups is 1. The second-order valence-electron chi connectivity index (χ2n) is 6.21. The first-order chi connectivity index (χ1) is 12.0. The summed E-state index contributed by atoms with van der Waals surface area (Å²) in [7, 11) is 0. The summed E-state index contributed by atoms with van der Waals surface area (Å²) in [5, 5.41) is 11.0. The topological polar surface area (TPSA) is 54.2 Å². The Morgan fingerprint density at radius 3 is 2.58 bits per heavy atom. The molecule has 144 valence electrons. The molecule has 1 aromatic carbocycles. The van der Waals surface area contributed by atoms with E-state index in [1.807, 2.05) is 24.6 Å². The number of guanidine groups is 1. The average Bonchev–Trinajstić information content (AvgIpc) is 2.89. The minimum absolute atomic E-state index is 0. The SMILES string of the molecule is CCNC(=NCc1ccc(F)c(C)c1)NCCCn1nc(C)cc1C.I. The van der Waals surface area contributed by atoms with Crippen LogP contribution in [0.3, 0.4) is 0 Å². The highest BCUT2D eigenvalue weighted by molar-refractivity contribution is 14.0. The summed E-state index contributed by atoms with van der Waals surface area (Å²) < 4.78 is 15.4. The third-order valence-electron chi connectivity index (χ3n) is 3.93. The predicted molar refractivity (Wildman–Crippen MR) is 116 cm³/mol. The molecule has 0 saturated heterocycles. The molecule has 0 aliphatic rings. The maximum atomic E-state index is 13.3. The van der Waals surface area contributed by atoms with Crippen molar-refractivity contribution in [3.63, 3.8) is 0 Å². The van der Waals surface area contributed by atoms with Crippen molar-refractivity contribution in [3.05, 3.63) is 52.6 Å². The van der Waals surface area contributed by atoms with E-state index in [0.717, 1.165) is 43.3 Å². The molecule has 0 fully saturated rings. The molecule has 0 amide bonds. The Bertz CT molecular complexity index is 727. The lowest BCUT2D eigenvalue weighted by Crippen LogP contribution is -2.38. The summed E-state index contributed by atoms with van der Waals surface area (Å²) in [4.78, 5) is 4.57. The second-order valence-corrected chi connectivity index (χ2v) is 6.21. The van der Waals surface area contributed by atoms with Gasteiger partial charge in [0.1, 0.15) is 5.82 Å². The molecular formula is C19H29FIN5. The number of nitrogens with one attached hydrogen (secondary N) is 2. The van der Waals surface area contributed by atoms with Crippen molar-refractivity contribution >= 4 is 29.9 Å². The Hall–Kier alpha value is -1.64. The van der Waals surface area contributed by atoms with E-state index in [2.05, 4.69) is 33.7 Å². The van der Waals surface area contributed by atoms with Gasteiger partial charge in [-0.15, -0.1) is 24.0 Å². The van der Waals surface area contributed by atoms with Crippen molar-refractivity contribution in [2.75, 3.05) is 13.1 Å². The van der Waals surface area contributed by atoms with Crippen LogP contribution in [0.2, 0.25) is 0 Å². The fourth-order valence-electron chi connectivity index (χ4n) is 2.65. The molecule has 2 aromatic rings. The maximum absolute atomic E-state index is 13.3. The number of aryl methyl sites for hydroxylation is 4. The van der Waals surface area contributed by atoms with Gasteiger partial charge in [0.15, 0.2) is 5.96 Å². The van der Waals surface area contributed by atoms with Crippen LogP contribution < -0.4 is 10.6 Å². The highest BCUT2D eigenvalue weighted by atomic mass is 127. The van der Waals surface area contributed by atoms with Crippen molar-refractivity contribution in [2.24, 2.45) is 4.99 Å². The molecule has 0 bridgehead atoms. The Morgan fingerprint density at radius 1 is 1.19 bits per heavy atom. The minimum Gasteiger partial charge on any atom is -0.357 e. The molecule has 0 aliphatic heterocycles. The van der Waals surface area contributed by atoms with E-state index >= 15 is 0 Å². The summed E-state index contributed by atoms with van der Waals surface area (Å²) in [6, 6.07) is 7.20. The van der Waals surface area contributed by atoms with E-state index in [-0.39, 0.29) is 29.8 Å². The third kappa shape index (κ3) is 6.93. The van der Waals surface area contributed by atoms with Gasteiger partial charge in [0.05, 0.1) is 12.2 Å². The van der Waals surface area contributed by atoms with Crippen molar-refractivity contribution < 1.29 is 4.39 Å². The fourth-order valence-corrected chi connectivity index (χ4v) is 2.65. The van der Waals surface area contributed by atoms with Gasteiger partial charge in [0.2, 0.25) is 0 Å². The summed E-state index contributed by atoms with van der Waals surface area (Å²) in [5.41, 5.74) is 3.88. The molecule has 1 heterocycles. The fraction of sp³-hybridized carbons (Fsp3) is 0.474. The Balaban J connectivity index is 0.00000338. The molecule has 0 atom stereocenters. The molecule has 5 nitrogen and oxygen atoms in total. The van der Waals surface area contributed by atoms with Crippen molar-refractivity contribution in [2.45, 2.75) is 47.2 Å². The molecule has 1 aromatic heterocycles. The van der Waals surface area contributed by atoms with Gasteiger partial charge in [-0.2, -0.15) is 5.10 Å². The second kappa shape index (κ2) is 11.2. The number of aromatic nitrogens is 2. The minimum atomic E-state index is -0.179. The van der Waals surface area contributed by atoms with E-state index < -0.39 is 0 Å². The lowest BCUT2D eigenvalue weighted by Gasteiger charge is -2.12. The maximum Gasteiger partial charge on any atom is 0.191 e. The predicted octanol–water partition coefficient (Wildman–Crippen LogP) is 3.71. The Kier molecular flexibility index (Phi) is 9.61. The van der Waals surface area contributed by atoms with Crippen LogP contribution in [0.1, 0.15) is 35.9 Å². The van der Waals surface area contributed by atoms with Crippen LogP contribution in [-0.4, -0.2) is 28.8 Å². The van der Waals surface area contributed by atoms with Gasteiger partial charge in [0.25, 0.3) is 0 Å². The zero-order chi connectivity index (χ0) is 18.2. The van der Waals surface area contributed by atoms with Gasteiger partial charge in [-0.25, -0.2) is 9.38 Å². The molecule has 2 rings (SSSR count). The average molecular weight is 473 g/mol. The lowest BCUT2D eigenvalue weighted by atomic mass is 10.1. The summed E-state index contributed by atoms with van der Waals surface area (Å²) in [6.07, 6.45) is 0.960. The van der Waals surface area contributed by atoms with E-state index in [4.69, 9.17) is 0 Å². The summed E-state index contributed by atoms with van der Waals surface area (Å²) in [5.74, 6) is 0.597. The number of halogens is 2. The van der Waals surface area contributed by atoms with Crippen LogP contribution in [0.25, 0.3) is 0 Å². The molecule has 0 aliphatic carbocycles. The molecule has 7 heteroatoms. The molecule has 0 spiro atoms. The first-order valence-corrected chi connectivity index (χ1v) is 8.78. The first-order valence-electron chi connectivity index (χ1n) is 8.78. The number of hydrogen-bond acceptors (Lipinski definition) is 2. The standard InChI is InChI=1S/C19H28FN5.HI/c1-5-21-19(23-13-17-7-8-18(20)14(2)11-17)22-9-6-10-25-16(4)12-15(3)24-25;/h7-8,11-12H,5-6,9-10,13H2,1-4H3,(H2,21,22,23);1H. The van der Waals surface area contributed by atoms with Crippen LogP contribution >= 0.6 is 24.0 Å². The highest BCUT2D eigenvalue weighted by Crippen LogP contribution is 2.10.